The number of amides is 2. The molecule has 4 rings (SSSR count). The number of pyridine rings is 1. The van der Waals surface area contributed by atoms with Crippen LogP contribution >= 0.6 is 11.3 Å². The maximum atomic E-state index is 13.0. The number of hydrogen-bond donors (Lipinski definition) is 2. The van der Waals surface area contributed by atoms with E-state index >= 15 is 0 Å². The van der Waals surface area contributed by atoms with E-state index in [0.717, 1.165) is 41.7 Å². The zero-order valence-electron chi connectivity index (χ0n) is 17.7. The largest absolute Gasteiger partial charge is 0.395 e. The first kappa shape index (κ1) is 22.1. The van der Waals surface area contributed by atoms with Gasteiger partial charge >= 0.3 is 0 Å². The standard InChI is InChI=1S/C22H30N4O4S/c27-12-8-23-21(29)20-19(16-6-5-7-24-22(16)31-20)17-14-26(11-13-30-17)18(28)15-25-9-3-1-2-4-10-25/h5-7,17,27H,1-4,8-15H2,(H,23,29). The monoisotopic (exact) mass is 446 g/mol. The van der Waals surface area contributed by atoms with E-state index in [4.69, 9.17) is 9.84 Å². The number of carbonyl (C=O) groups is 2. The third-order valence-corrected chi connectivity index (χ3v) is 7.04. The van der Waals surface area contributed by atoms with Crippen LogP contribution in [0.25, 0.3) is 10.2 Å². The van der Waals surface area contributed by atoms with Crippen LogP contribution in [0.2, 0.25) is 0 Å². The van der Waals surface area contributed by atoms with Gasteiger partial charge in [-0.2, -0.15) is 0 Å². The molecule has 1 atom stereocenters. The van der Waals surface area contributed by atoms with Crippen molar-refractivity contribution in [2.45, 2.75) is 31.8 Å². The fourth-order valence-electron chi connectivity index (χ4n) is 4.33. The molecule has 2 fully saturated rings. The van der Waals surface area contributed by atoms with Gasteiger partial charge in [-0.05, 0) is 32.0 Å². The molecule has 2 saturated heterocycles. The molecule has 0 bridgehead atoms. The molecular weight excluding hydrogens is 416 g/mol. The summed E-state index contributed by atoms with van der Waals surface area (Å²) in [5, 5.41) is 12.7. The SMILES string of the molecule is O=C(NCCO)c1sc2ncccc2c1C1CN(C(=O)CN2CCCCCC2)CCO1. The van der Waals surface area contributed by atoms with Crippen molar-refractivity contribution in [1.29, 1.82) is 0 Å². The first-order valence-corrected chi connectivity index (χ1v) is 11.9. The topological polar surface area (TPSA) is 95.0 Å². The average Bonchev–Trinajstić information content (AvgIpc) is 3.00. The van der Waals surface area contributed by atoms with E-state index in [1.807, 2.05) is 17.0 Å². The molecule has 8 nitrogen and oxygen atoms in total. The molecule has 0 aromatic carbocycles. The van der Waals surface area contributed by atoms with E-state index < -0.39 is 0 Å². The fourth-order valence-corrected chi connectivity index (χ4v) is 5.44. The first-order chi connectivity index (χ1) is 15.2. The third-order valence-electron chi connectivity index (χ3n) is 5.91. The number of aromatic nitrogens is 1. The van der Waals surface area contributed by atoms with Gasteiger partial charge in [0.1, 0.15) is 15.8 Å². The molecule has 4 heterocycles. The van der Waals surface area contributed by atoms with Gasteiger partial charge in [0.25, 0.3) is 5.91 Å². The van der Waals surface area contributed by atoms with E-state index in [1.165, 1.54) is 24.2 Å². The highest BCUT2D eigenvalue weighted by Crippen LogP contribution is 2.37. The van der Waals surface area contributed by atoms with Crippen LogP contribution in [-0.4, -0.2) is 84.2 Å². The minimum atomic E-state index is -0.380. The van der Waals surface area contributed by atoms with Crippen LogP contribution in [0.4, 0.5) is 0 Å². The summed E-state index contributed by atoms with van der Waals surface area (Å²) in [6.45, 7) is 3.90. The minimum absolute atomic E-state index is 0.122. The summed E-state index contributed by atoms with van der Waals surface area (Å²) in [6, 6.07) is 3.79. The molecule has 2 aliphatic rings. The molecule has 2 aromatic rings. The minimum Gasteiger partial charge on any atom is -0.395 e. The van der Waals surface area contributed by atoms with Gasteiger partial charge in [-0.15, -0.1) is 11.3 Å². The molecule has 2 N–H and O–H groups in total. The Labute approximate surface area is 186 Å². The summed E-state index contributed by atoms with van der Waals surface area (Å²) >= 11 is 1.32. The zero-order chi connectivity index (χ0) is 21.6. The number of carbonyl (C=O) groups excluding carboxylic acids is 2. The highest BCUT2D eigenvalue weighted by molar-refractivity contribution is 7.20. The lowest BCUT2D eigenvalue weighted by Crippen LogP contribution is -2.47. The van der Waals surface area contributed by atoms with Crippen molar-refractivity contribution in [1.82, 2.24) is 20.1 Å². The maximum absolute atomic E-state index is 13.0. The quantitative estimate of drug-likeness (QED) is 0.703. The summed E-state index contributed by atoms with van der Waals surface area (Å²) in [4.78, 5) is 35.6. The van der Waals surface area contributed by atoms with Crippen LogP contribution in [0.1, 0.15) is 47.0 Å². The maximum Gasteiger partial charge on any atom is 0.261 e. The Morgan fingerprint density at radius 3 is 2.81 bits per heavy atom. The van der Waals surface area contributed by atoms with E-state index in [-0.39, 0.29) is 31.1 Å². The molecule has 0 aliphatic carbocycles. The van der Waals surface area contributed by atoms with Gasteiger partial charge in [0, 0.05) is 30.2 Å². The Hall–Kier alpha value is -2.07. The van der Waals surface area contributed by atoms with Gasteiger partial charge in [0.05, 0.1) is 26.3 Å². The number of hydrogen-bond acceptors (Lipinski definition) is 7. The van der Waals surface area contributed by atoms with E-state index in [0.29, 0.717) is 31.1 Å². The molecular formula is C22H30N4O4S. The van der Waals surface area contributed by atoms with Crippen LogP contribution < -0.4 is 5.32 Å². The third kappa shape index (κ3) is 5.23. The van der Waals surface area contributed by atoms with Gasteiger partial charge in [-0.25, -0.2) is 4.98 Å². The lowest BCUT2D eigenvalue weighted by molar-refractivity contribution is -0.140. The van der Waals surface area contributed by atoms with Crippen molar-refractivity contribution < 1.29 is 19.4 Å². The number of nitrogens with one attached hydrogen (secondary N) is 1. The molecule has 2 amide bonds. The number of nitrogens with zero attached hydrogens (tertiary/aromatic N) is 3. The highest BCUT2D eigenvalue weighted by atomic mass is 32.1. The van der Waals surface area contributed by atoms with Crippen LogP contribution in [0.3, 0.4) is 0 Å². The number of thiophene rings is 1. The van der Waals surface area contributed by atoms with Gasteiger partial charge < -0.3 is 20.1 Å². The van der Waals surface area contributed by atoms with Crippen molar-refractivity contribution >= 4 is 33.4 Å². The second kappa shape index (κ2) is 10.5. The van der Waals surface area contributed by atoms with Crippen molar-refractivity contribution in [2.75, 3.05) is 52.5 Å². The van der Waals surface area contributed by atoms with Gasteiger partial charge in [-0.3, -0.25) is 14.5 Å². The predicted molar refractivity (Wildman–Crippen MR) is 119 cm³/mol. The summed E-state index contributed by atoms with van der Waals surface area (Å²) in [7, 11) is 0. The Balaban J connectivity index is 1.53. The molecule has 0 saturated carbocycles. The summed E-state index contributed by atoms with van der Waals surface area (Å²) in [6.07, 6.45) is 6.11. The smallest absolute Gasteiger partial charge is 0.261 e. The summed E-state index contributed by atoms with van der Waals surface area (Å²) in [5.74, 6) is -0.122. The Bertz CT molecular complexity index is 910. The predicted octanol–water partition coefficient (Wildman–Crippen LogP) is 1.79. The fraction of sp³-hybridized carbons (Fsp3) is 0.591. The van der Waals surface area contributed by atoms with Crippen molar-refractivity contribution in [3.05, 3.63) is 28.8 Å². The Kier molecular flexibility index (Phi) is 7.49. The second-order valence-electron chi connectivity index (χ2n) is 8.07. The van der Waals surface area contributed by atoms with Crippen molar-refractivity contribution in [3.8, 4) is 0 Å². The molecule has 0 spiro atoms. The number of likely N-dealkylation sites (tertiary alicyclic amines) is 1. The molecule has 0 radical (unpaired) electrons. The number of fused-ring (bicyclic) bond motifs is 1. The molecule has 2 aromatic heterocycles. The van der Waals surface area contributed by atoms with Gasteiger partial charge in [-0.1, -0.05) is 18.9 Å². The molecule has 9 heteroatoms. The van der Waals surface area contributed by atoms with Crippen molar-refractivity contribution in [2.24, 2.45) is 0 Å². The summed E-state index contributed by atoms with van der Waals surface area (Å²) < 4.78 is 6.06. The Morgan fingerprint density at radius 1 is 1.23 bits per heavy atom. The number of ether oxygens (including phenoxy) is 1. The lowest BCUT2D eigenvalue weighted by atomic mass is 10.0. The normalized spacial score (nSPS) is 20.5. The molecule has 2 aliphatic heterocycles. The van der Waals surface area contributed by atoms with Gasteiger partial charge in [0.15, 0.2) is 0 Å². The number of aliphatic hydroxyl groups excluding tert-OH is 1. The van der Waals surface area contributed by atoms with Crippen molar-refractivity contribution in [3.63, 3.8) is 0 Å². The number of morpholine rings is 1. The first-order valence-electron chi connectivity index (χ1n) is 11.1. The molecule has 31 heavy (non-hydrogen) atoms. The molecule has 168 valence electrons. The van der Waals surface area contributed by atoms with Gasteiger partial charge in [0.2, 0.25) is 5.91 Å². The molecule has 1 unspecified atom stereocenters. The lowest BCUT2D eigenvalue weighted by Gasteiger charge is -2.34. The Morgan fingerprint density at radius 2 is 2.03 bits per heavy atom. The van der Waals surface area contributed by atoms with Crippen LogP contribution in [0, 0.1) is 0 Å². The van der Waals surface area contributed by atoms with Crippen LogP contribution in [0.15, 0.2) is 18.3 Å². The average molecular weight is 447 g/mol. The number of aliphatic hydroxyl groups is 1. The second-order valence-corrected chi connectivity index (χ2v) is 9.07. The highest BCUT2D eigenvalue weighted by Gasteiger charge is 2.32. The zero-order valence-corrected chi connectivity index (χ0v) is 18.5. The van der Waals surface area contributed by atoms with Crippen LogP contribution in [-0.2, 0) is 9.53 Å². The van der Waals surface area contributed by atoms with E-state index in [2.05, 4.69) is 15.2 Å². The number of rotatable bonds is 6. The van der Waals surface area contributed by atoms with E-state index in [9.17, 15) is 9.59 Å². The van der Waals surface area contributed by atoms with Crippen LogP contribution in [0.5, 0.6) is 0 Å². The summed E-state index contributed by atoms with van der Waals surface area (Å²) in [5.41, 5.74) is 0.788. The van der Waals surface area contributed by atoms with E-state index in [1.54, 1.807) is 6.20 Å².